The molecule has 0 aromatic rings. The Hall–Kier alpha value is -0.740. The molecule has 9 heteroatoms. The molecule has 1 amide bonds. The second-order valence-corrected chi connectivity index (χ2v) is 19.2. The van der Waals surface area contributed by atoms with E-state index in [1.54, 1.807) is 5.57 Å². The zero-order chi connectivity index (χ0) is 35.3. The Kier molecular flexibility index (Phi) is 17.2. The van der Waals surface area contributed by atoms with Crippen molar-refractivity contribution in [3.05, 3.63) is 11.6 Å². The minimum absolute atomic E-state index is 0.0114. The van der Waals surface area contributed by atoms with Crippen LogP contribution in [0.4, 0.5) is 0 Å². The number of unbranched alkanes of at least 4 members (excludes halogenated alkanes) is 2. The molecule has 7 atom stereocenters. The first-order valence-electron chi connectivity index (χ1n) is 20.1. The summed E-state index contributed by atoms with van der Waals surface area (Å²) in [5.74, 6) is 4.89. The molecule has 0 aromatic carbocycles. The molecule has 4 rings (SSSR count). The Balaban J connectivity index is 1.17. The second kappa shape index (κ2) is 20.5. The average Bonchev–Trinajstić information content (AvgIpc) is 3.42. The summed E-state index contributed by atoms with van der Waals surface area (Å²) in [5.41, 5.74) is 13.7. The minimum atomic E-state index is -0.145. The Morgan fingerprint density at radius 2 is 1.67 bits per heavy atom. The number of allylic oxidation sites excluding steroid dienone is 1. The van der Waals surface area contributed by atoms with Gasteiger partial charge in [-0.3, -0.25) is 9.59 Å². The van der Waals surface area contributed by atoms with Gasteiger partial charge in [-0.05, 0) is 144 Å². The third-order valence-corrected chi connectivity index (χ3v) is 15.2. The number of hydrogen-bond donors (Lipinski definition) is 3. The lowest BCUT2D eigenvalue weighted by Gasteiger charge is -2.58. The van der Waals surface area contributed by atoms with Gasteiger partial charge in [0.1, 0.15) is 11.9 Å². The number of fused-ring (bicyclic) bond motifs is 5. The van der Waals surface area contributed by atoms with Gasteiger partial charge in [-0.15, -0.1) is 0 Å². The van der Waals surface area contributed by atoms with Crippen molar-refractivity contribution in [2.24, 2.45) is 51.9 Å². The van der Waals surface area contributed by atoms with E-state index in [2.05, 4.69) is 39.1 Å². The molecule has 0 saturated heterocycles. The lowest BCUT2D eigenvalue weighted by atomic mass is 9.47. The van der Waals surface area contributed by atoms with Crippen LogP contribution in [0.3, 0.4) is 0 Å². The lowest BCUT2D eigenvalue weighted by Crippen LogP contribution is -2.50. The zero-order valence-corrected chi connectivity index (χ0v) is 33.3. The molecule has 3 fully saturated rings. The van der Waals surface area contributed by atoms with Crippen molar-refractivity contribution >= 4 is 33.5 Å². The maximum absolute atomic E-state index is 12.9. The third kappa shape index (κ3) is 11.4. The summed E-state index contributed by atoms with van der Waals surface area (Å²) in [7, 11) is 2.91. The van der Waals surface area contributed by atoms with Crippen LogP contribution in [0.2, 0.25) is 0 Å². The van der Waals surface area contributed by atoms with Crippen LogP contribution in [0, 0.1) is 40.4 Å². The van der Waals surface area contributed by atoms with Gasteiger partial charge < -0.3 is 26.4 Å². The number of nitrogens with two attached hydrogens (primary N) is 2. The Bertz CT molecular complexity index is 1060. The number of ether oxygens (including phenoxy) is 1. The molecule has 4 aliphatic carbocycles. The maximum Gasteiger partial charge on any atom is 0.317 e. The van der Waals surface area contributed by atoms with Gasteiger partial charge in [0.05, 0.1) is 5.75 Å². The number of esters is 1. The number of nitrogens with one attached hydrogen (secondary N) is 1. The fraction of sp³-hybridized carbons (Fsp3) is 0.900. The van der Waals surface area contributed by atoms with Crippen LogP contribution in [0.25, 0.3) is 0 Å². The van der Waals surface area contributed by atoms with Crippen molar-refractivity contribution in [3.63, 3.8) is 0 Å². The van der Waals surface area contributed by atoms with Gasteiger partial charge in [0.15, 0.2) is 0 Å². The first-order valence-corrected chi connectivity index (χ1v) is 22.6. The van der Waals surface area contributed by atoms with Crippen LogP contribution < -0.4 is 16.8 Å². The number of nitrogens with zero attached hydrogens (tertiary/aromatic N) is 1. The molecule has 0 radical (unpaired) electrons. The monoisotopic (exact) mass is 721 g/mol. The molecule has 0 heterocycles. The van der Waals surface area contributed by atoms with Gasteiger partial charge in [0.25, 0.3) is 0 Å². The molecule has 49 heavy (non-hydrogen) atoms. The molecule has 0 aliphatic heterocycles. The van der Waals surface area contributed by atoms with Crippen molar-refractivity contribution in [1.29, 1.82) is 0 Å². The van der Waals surface area contributed by atoms with Crippen LogP contribution in [-0.4, -0.2) is 73.7 Å². The van der Waals surface area contributed by atoms with Gasteiger partial charge >= 0.3 is 5.97 Å². The van der Waals surface area contributed by atoms with E-state index in [4.69, 9.17) is 16.2 Å². The molecule has 3 saturated carbocycles. The van der Waals surface area contributed by atoms with Crippen LogP contribution in [0.5, 0.6) is 0 Å². The summed E-state index contributed by atoms with van der Waals surface area (Å²) >= 11 is 0. The number of amides is 1. The fourth-order valence-electron chi connectivity index (χ4n) is 10.3. The molecular formula is C40H72N4O3S2. The summed E-state index contributed by atoms with van der Waals surface area (Å²) in [4.78, 5) is 27.8. The van der Waals surface area contributed by atoms with Gasteiger partial charge in [-0.2, -0.15) is 0 Å². The number of rotatable bonds is 22. The summed E-state index contributed by atoms with van der Waals surface area (Å²) in [6.45, 7) is 14.6. The SMILES string of the molecule is CC(C)CCCCC1CCC2C3CC=C4CC(OC(=O)CSSCC(=O)N(CCCN)CCCCNCCCN)CCC4(C)C3CCC12C. The van der Waals surface area contributed by atoms with E-state index in [1.807, 2.05) is 4.90 Å². The topological polar surface area (TPSA) is 111 Å². The molecule has 282 valence electrons. The Morgan fingerprint density at radius 1 is 0.918 bits per heavy atom. The van der Waals surface area contributed by atoms with Crippen LogP contribution in [-0.2, 0) is 14.3 Å². The summed E-state index contributed by atoms with van der Waals surface area (Å²) in [6, 6.07) is 0. The largest absolute Gasteiger partial charge is 0.461 e. The highest BCUT2D eigenvalue weighted by molar-refractivity contribution is 8.77. The van der Waals surface area contributed by atoms with Crippen molar-refractivity contribution in [2.45, 2.75) is 137 Å². The third-order valence-electron chi connectivity index (χ3n) is 13.2. The van der Waals surface area contributed by atoms with Gasteiger partial charge in [0, 0.05) is 19.5 Å². The molecular weight excluding hydrogens is 649 g/mol. The van der Waals surface area contributed by atoms with Crippen molar-refractivity contribution in [2.75, 3.05) is 50.8 Å². The van der Waals surface area contributed by atoms with Gasteiger partial charge in [-0.1, -0.05) is 80.2 Å². The van der Waals surface area contributed by atoms with E-state index in [9.17, 15) is 9.59 Å². The summed E-state index contributed by atoms with van der Waals surface area (Å²) in [5, 5.41) is 3.40. The summed E-state index contributed by atoms with van der Waals surface area (Å²) in [6.07, 6.45) is 21.9. The molecule has 5 N–H and O–H groups in total. The first-order chi connectivity index (χ1) is 23.6. The lowest BCUT2D eigenvalue weighted by molar-refractivity contribution is -0.148. The van der Waals surface area contributed by atoms with E-state index >= 15 is 0 Å². The van der Waals surface area contributed by atoms with E-state index in [1.165, 1.54) is 79.4 Å². The molecule has 0 bridgehead atoms. The van der Waals surface area contributed by atoms with Crippen molar-refractivity contribution in [3.8, 4) is 0 Å². The molecule has 0 aromatic heterocycles. The predicted octanol–water partition coefficient (Wildman–Crippen LogP) is 7.97. The molecule has 7 nitrogen and oxygen atoms in total. The zero-order valence-electron chi connectivity index (χ0n) is 31.7. The minimum Gasteiger partial charge on any atom is -0.461 e. The van der Waals surface area contributed by atoms with Gasteiger partial charge in [-0.25, -0.2) is 0 Å². The highest BCUT2D eigenvalue weighted by atomic mass is 33.1. The molecule has 0 spiro atoms. The predicted molar refractivity (Wildman–Crippen MR) is 209 cm³/mol. The second-order valence-electron chi connectivity index (χ2n) is 16.8. The Morgan fingerprint density at radius 3 is 2.45 bits per heavy atom. The number of carbonyl (C=O) groups is 2. The quantitative estimate of drug-likeness (QED) is 0.0447. The summed E-state index contributed by atoms with van der Waals surface area (Å²) < 4.78 is 6.05. The number of carbonyl (C=O) groups excluding carboxylic acids is 2. The smallest absolute Gasteiger partial charge is 0.317 e. The fourth-order valence-corrected chi connectivity index (χ4v) is 12.0. The van der Waals surface area contributed by atoms with Crippen LogP contribution >= 0.6 is 21.6 Å². The highest BCUT2D eigenvalue weighted by Gasteiger charge is 2.58. The van der Waals surface area contributed by atoms with Crippen LogP contribution in [0.15, 0.2) is 11.6 Å². The number of hydrogen-bond acceptors (Lipinski definition) is 8. The van der Waals surface area contributed by atoms with Crippen LogP contribution in [0.1, 0.15) is 130 Å². The molecule has 4 aliphatic rings. The van der Waals surface area contributed by atoms with Gasteiger partial charge in [0.2, 0.25) is 5.91 Å². The standard InChI is InChI=1S/C40H72N4O3S2/c1-30(2)11-5-6-12-31-14-16-35-34-15-13-32-27-33(17-19-40(32,4)36(34)18-20-39(31,35)3)47-38(46)29-49-48-28-37(45)44(26-10-22-42)25-8-7-23-43-24-9-21-41/h13,30-31,33-36,43H,5-12,14-29,41-42H2,1-4H3. The van der Waals surface area contributed by atoms with E-state index in [0.717, 1.165) is 94.2 Å². The van der Waals surface area contributed by atoms with E-state index in [-0.39, 0.29) is 29.1 Å². The Labute approximate surface area is 307 Å². The normalized spacial score (nSPS) is 30.8. The average molecular weight is 721 g/mol. The maximum atomic E-state index is 12.9. The highest BCUT2D eigenvalue weighted by Crippen LogP contribution is 2.66. The van der Waals surface area contributed by atoms with E-state index < -0.39 is 0 Å². The van der Waals surface area contributed by atoms with Crippen molar-refractivity contribution in [1.82, 2.24) is 10.2 Å². The molecule has 7 unspecified atom stereocenters. The van der Waals surface area contributed by atoms with Crippen molar-refractivity contribution < 1.29 is 14.3 Å². The van der Waals surface area contributed by atoms with E-state index in [0.29, 0.717) is 30.8 Å². The first kappa shape index (κ1) is 41.0.